The number of anilines is 2. The van der Waals surface area contributed by atoms with Crippen LogP contribution in [0.5, 0.6) is 0 Å². The van der Waals surface area contributed by atoms with Crippen LogP contribution in [0.1, 0.15) is 36.4 Å². The molecule has 0 saturated carbocycles. The molecule has 1 unspecified atom stereocenters. The zero-order chi connectivity index (χ0) is 15.2. The van der Waals surface area contributed by atoms with Crippen LogP contribution in [-0.2, 0) is 0 Å². The van der Waals surface area contributed by atoms with Crippen molar-refractivity contribution in [2.45, 2.75) is 32.7 Å². The highest BCUT2D eigenvalue weighted by atomic mass is 32.1. The highest BCUT2D eigenvalue weighted by Crippen LogP contribution is 2.34. The second-order valence-electron chi connectivity index (χ2n) is 6.85. The maximum Gasteiger partial charge on any atom is 0.267 e. The third-order valence-corrected chi connectivity index (χ3v) is 5.42. The maximum atomic E-state index is 12.6. The van der Waals surface area contributed by atoms with Crippen LogP contribution in [0.4, 0.5) is 10.9 Å². The molecule has 2 aliphatic heterocycles. The van der Waals surface area contributed by atoms with E-state index < -0.39 is 0 Å². The van der Waals surface area contributed by atoms with Gasteiger partial charge in [0, 0.05) is 32.2 Å². The summed E-state index contributed by atoms with van der Waals surface area (Å²) in [6, 6.07) is 0.189. The maximum absolute atomic E-state index is 12.6. The molecule has 2 aliphatic rings. The number of hydrogen-bond donors (Lipinski definition) is 2. The smallest absolute Gasteiger partial charge is 0.267 e. The Morgan fingerprint density at radius 1 is 1.43 bits per heavy atom. The highest BCUT2D eigenvalue weighted by molar-refractivity contribution is 7.18. The van der Waals surface area contributed by atoms with Gasteiger partial charge in [-0.1, -0.05) is 25.2 Å². The van der Waals surface area contributed by atoms with Crippen LogP contribution in [0.15, 0.2) is 0 Å². The van der Waals surface area contributed by atoms with Gasteiger partial charge >= 0.3 is 0 Å². The summed E-state index contributed by atoms with van der Waals surface area (Å²) in [6.07, 6.45) is 1.99. The Hall–Kier alpha value is -1.34. The first-order valence-electron chi connectivity index (χ1n) is 7.42. The Balaban J connectivity index is 1.77. The number of hydrogen-bond acceptors (Lipinski definition) is 6. The Morgan fingerprint density at radius 2 is 2.19 bits per heavy atom. The Labute approximate surface area is 129 Å². The fourth-order valence-corrected chi connectivity index (χ4v) is 3.99. The van der Waals surface area contributed by atoms with Gasteiger partial charge in [-0.15, -0.1) is 0 Å². The van der Waals surface area contributed by atoms with Crippen LogP contribution in [0, 0.1) is 5.41 Å². The second-order valence-corrected chi connectivity index (χ2v) is 7.82. The number of thiazole rings is 1. The molecule has 3 heterocycles. The molecule has 21 heavy (non-hydrogen) atoms. The first-order valence-corrected chi connectivity index (χ1v) is 8.23. The molecule has 1 aromatic heterocycles. The molecule has 2 saturated heterocycles. The van der Waals surface area contributed by atoms with Crippen molar-refractivity contribution in [1.82, 2.24) is 9.88 Å². The van der Waals surface area contributed by atoms with Crippen LogP contribution in [-0.4, -0.2) is 48.0 Å². The molecule has 6 nitrogen and oxygen atoms in total. The van der Waals surface area contributed by atoms with E-state index in [1.54, 1.807) is 0 Å². The van der Waals surface area contributed by atoms with Crippen molar-refractivity contribution in [2.75, 3.05) is 36.8 Å². The van der Waals surface area contributed by atoms with Gasteiger partial charge in [0.25, 0.3) is 5.91 Å². The van der Waals surface area contributed by atoms with Crippen molar-refractivity contribution in [1.29, 1.82) is 0 Å². The summed E-state index contributed by atoms with van der Waals surface area (Å²) in [5.41, 5.74) is 12.1. The van der Waals surface area contributed by atoms with E-state index in [0.717, 1.165) is 44.2 Å². The summed E-state index contributed by atoms with van der Waals surface area (Å²) in [6.45, 7) is 7.64. The van der Waals surface area contributed by atoms with E-state index in [9.17, 15) is 4.79 Å². The van der Waals surface area contributed by atoms with Crippen molar-refractivity contribution in [2.24, 2.45) is 11.1 Å². The van der Waals surface area contributed by atoms with Gasteiger partial charge in [-0.25, -0.2) is 4.98 Å². The van der Waals surface area contributed by atoms with Crippen LogP contribution in [0.2, 0.25) is 0 Å². The minimum absolute atomic E-state index is 0.0188. The Morgan fingerprint density at radius 3 is 2.76 bits per heavy atom. The molecule has 0 radical (unpaired) electrons. The number of nitrogen functional groups attached to an aromatic ring is 1. The minimum atomic E-state index is 0.0188. The predicted octanol–water partition coefficient (Wildman–Crippen LogP) is 1.13. The van der Waals surface area contributed by atoms with Gasteiger partial charge in [-0.3, -0.25) is 4.79 Å². The molecule has 3 rings (SSSR count). The first kappa shape index (κ1) is 14.6. The van der Waals surface area contributed by atoms with E-state index in [0.29, 0.717) is 10.7 Å². The molecule has 1 aromatic rings. The van der Waals surface area contributed by atoms with Gasteiger partial charge in [0.1, 0.15) is 10.7 Å². The third-order valence-electron chi connectivity index (χ3n) is 4.30. The van der Waals surface area contributed by atoms with Gasteiger partial charge in [0.05, 0.1) is 0 Å². The van der Waals surface area contributed by atoms with E-state index in [1.807, 2.05) is 4.90 Å². The average Bonchev–Trinajstić information content (AvgIpc) is 3.08. The largest absolute Gasteiger partial charge is 0.382 e. The number of aromatic nitrogens is 1. The lowest BCUT2D eigenvalue weighted by molar-refractivity contribution is 0.0784. The van der Waals surface area contributed by atoms with Gasteiger partial charge in [0.2, 0.25) is 0 Å². The summed E-state index contributed by atoms with van der Waals surface area (Å²) in [7, 11) is 0. The topological polar surface area (TPSA) is 88.5 Å². The van der Waals surface area contributed by atoms with Gasteiger partial charge in [-0.2, -0.15) is 0 Å². The quantitative estimate of drug-likeness (QED) is 0.855. The van der Waals surface area contributed by atoms with Gasteiger partial charge < -0.3 is 21.3 Å². The molecule has 1 atom stereocenters. The summed E-state index contributed by atoms with van der Waals surface area (Å²) in [5.74, 6) is 0.371. The second kappa shape index (κ2) is 5.14. The number of nitrogens with zero attached hydrogens (tertiary/aromatic N) is 3. The molecule has 116 valence electrons. The molecule has 0 spiro atoms. The average molecular weight is 309 g/mol. The van der Waals surface area contributed by atoms with E-state index in [-0.39, 0.29) is 17.4 Å². The minimum Gasteiger partial charge on any atom is -0.382 e. The lowest BCUT2D eigenvalue weighted by Crippen LogP contribution is -2.30. The lowest BCUT2D eigenvalue weighted by atomic mass is 9.93. The lowest BCUT2D eigenvalue weighted by Gasteiger charge is -2.19. The molecular formula is C14H23N5OS. The van der Waals surface area contributed by atoms with Crippen molar-refractivity contribution in [3.63, 3.8) is 0 Å². The Kier molecular flexibility index (Phi) is 3.57. The zero-order valence-corrected chi connectivity index (χ0v) is 13.4. The zero-order valence-electron chi connectivity index (χ0n) is 12.6. The number of nitrogens with two attached hydrogens (primary N) is 2. The monoisotopic (exact) mass is 309 g/mol. The molecule has 1 amide bonds. The van der Waals surface area contributed by atoms with Gasteiger partial charge in [-0.05, 0) is 18.3 Å². The SMILES string of the molecule is CC1(C)CCN(C(=O)c2sc(N3CCC(N)C3)nc2N)C1. The van der Waals surface area contributed by atoms with E-state index >= 15 is 0 Å². The van der Waals surface area contributed by atoms with E-state index in [2.05, 4.69) is 23.7 Å². The number of rotatable bonds is 2. The van der Waals surface area contributed by atoms with Crippen LogP contribution >= 0.6 is 11.3 Å². The molecule has 0 aromatic carbocycles. The van der Waals surface area contributed by atoms with E-state index in [4.69, 9.17) is 11.5 Å². The third kappa shape index (κ3) is 2.85. The van der Waals surface area contributed by atoms with Crippen LogP contribution in [0.3, 0.4) is 0 Å². The summed E-state index contributed by atoms with van der Waals surface area (Å²) >= 11 is 1.40. The molecular weight excluding hydrogens is 286 g/mol. The molecule has 0 aliphatic carbocycles. The van der Waals surface area contributed by atoms with Crippen molar-refractivity contribution >= 4 is 28.2 Å². The number of carbonyl (C=O) groups is 1. The van der Waals surface area contributed by atoms with Crippen LogP contribution < -0.4 is 16.4 Å². The van der Waals surface area contributed by atoms with Gasteiger partial charge in [0.15, 0.2) is 5.13 Å². The molecule has 2 fully saturated rings. The van der Waals surface area contributed by atoms with Crippen LogP contribution in [0.25, 0.3) is 0 Å². The summed E-state index contributed by atoms with van der Waals surface area (Å²) in [4.78, 5) is 21.6. The highest BCUT2D eigenvalue weighted by Gasteiger charge is 2.34. The summed E-state index contributed by atoms with van der Waals surface area (Å²) < 4.78 is 0. The van der Waals surface area contributed by atoms with Crippen molar-refractivity contribution in [3.05, 3.63) is 4.88 Å². The summed E-state index contributed by atoms with van der Waals surface area (Å²) in [5, 5.41) is 0.822. The Bertz CT molecular complexity index is 556. The van der Waals surface area contributed by atoms with Crippen molar-refractivity contribution in [3.8, 4) is 0 Å². The normalized spacial score (nSPS) is 24.8. The fourth-order valence-electron chi connectivity index (χ4n) is 3.00. The number of carbonyl (C=O) groups excluding carboxylic acids is 1. The fraction of sp³-hybridized carbons (Fsp3) is 0.714. The standard InChI is InChI=1S/C14H23N5OS/c1-14(2)4-6-19(8-14)12(20)10-11(16)17-13(21-10)18-5-3-9(15)7-18/h9H,3-8,15-16H2,1-2H3. The molecule has 4 N–H and O–H groups in total. The number of amides is 1. The predicted molar refractivity (Wildman–Crippen MR) is 85.6 cm³/mol. The van der Waals surface area contributed by atoms with E-state index in [1.165, 1.54) is 11.3 Å². The first-order chi connectivity index (χ1) is 9.85. The molecule has 7 heteroatoms. The number of likely N-dealkylation sites (tertiary alicyclic amines) is 1. The molecule has 0 bridgehead atoms. The van der Waals surface area contributed by atoms with Crippen molar-refractivity contribution < 1.29 is 4.79 Å².